The zero-order valence-electron chi connectivity index (χ0n) is 17.3. The van der Waals surface area contributed by atoms with E-state index in [0.717, 1.165) is 16.8 Å². The summed E-state index contributed by atoms with van der Waals surface area (Å²) in [6.45, 7) is 2.18. The third kappa shape index (κ3) is 5.61. The first-order chi connectivity index (χ1) is 14.4. The van der Waals surface area contributed by atoms with E-state index in [1.807, 2.05) is 62.3 Å². The zero-order chi connectivity index (χ0) is 21.5. The quantitative estimate of drug-likeness (QED) is 0.590. The molecule has 2 aromatic carbocycles. The molecule has 0 aliphatic rings. The van der Waals surface area contributed by atoms with Crippen molar-refractivity contribution >= 4 is 23.6 Å². The van der Waals surface area contributed by atoms with Gasteiger partial charge in [0.1, 0.15) is 11.5 Å². The summed E-state index contributed by atoms with van der Waals surface area (Å²) in [5, 5.41) is 5.51. The molecule has 1 aromatic heterocycles. The number of nitrogens with one attached hydrogen (secondary N) is 2. The third-order valence-electron chi connectivity index (χ3n) is 4.53. The first-order valence-electron chi connectivity index (χ1n) is 9.60. The van der Waals surface area contributed by atoms with Gasteiger partial charge in [-0.1, -0.05) is 29.8 Å². The van der Waals surface area contributed by atoms with Crippen LogP contribution in [0, 0.1) is 6.92 Å². The zero-order valence-corrected chi connectivity index (χ0v) is 17.3. The van der Waals surface area contributed by atoms with E-state index >= 15 is 0 Å². The fourth-order valence-electron chi connectivity index (χ4n) is 2.77. The second kappa shape index (κ2) is 9.60. The molecule has 2 amide bonds. The second-order valence-corrected chi connectivity index (χ2v) is 7.13. The highest BCUT2D eigenvalue weighted by molar-refractivity contribution is 6.05. The van der Waals surface area contributed by atoms with Crippen LogP contribution in [-0.2, 0) is 11.3 Å². The minimum atomic E-state index is -0.399. The van der Waals surface area contributed by atoms with Crippen LogP contribution in [0.2, 0.25) is 0 Å². The molecule has 0 fully saturated rings. The Balaban J connectivity index is 1.81. The maximum absolute atomic E-state index is 12.8. The minimum absolute atomic E-state index is 0.157. The number of anilines is 1. The standard InChI is InChI=1S/C24H25N3O3/c1-17-6-10-19(11-7-17)23(28)26-22(24(29)25-16-21-5-4-14-30-21)15-18-8-12-20(13-9-18)27(2)3/h4-15H,16H2,1-3H3,(H,25,29)(H,26,28)/b22-15+. The number of hydrogen-bond acceptors (Lipinski definition) is 4. The van der Waals surface area contributed by atoms with E-state index < -0.39 is 5.91 Å². The Hall–Kier alpha value is -3.80. The van der Waals surface area contributed by atoms with E-state index in [9.17, 15) is 9.59 Å². The number of rotatable bonds is 7. The molecule has 2 N–H and O–H groups in total. The average Bonchev–Trinajstić information content (AvgIpc) is 3.26. The number of carbonyl (C=O) groups is 2. The first kappa shape index (κ1) is 20.9. The summed E-state index contributed by atoms with van der Waals surface area (Å²) in [5.74, 6) is -0.120. The number of hydrogen-bond donors (Lipinski definition) is 2. The summed E-state index contributed by atoms with van der Waals surface area (Å²) in [6.07, 6.45) is 3.20. The summed E-state index contributed by atoms with van der Waals surface area (Å²) in [5.41, 5.74) is 3.53. The van der Waals surface area contributed by atoms with E-state index in [0.29, 0.717) is 11.3 Å². The highest BCUT2D eigenvalue weighted by Crippen LogP contribution is 2.15. The first-order valence-corrected chi connectivity index (χ1v) is 9.60. The summed E-state index contributed by atoms with van der Waals surface area (Å²) < 4.78 is 5.25. The van der Waals surface area contributed by atoms with Crippen molar-refractivity contribution in [2.24, 2.45) is 0 Å². The van der Waals surface area contributed by atoms with Crippen molar-refractivity contribution in [2.75, 3.05) is 19.0 Å². The van der Waals surface area contributed by atoms with Crippen molar-refractivity contribution in [1.82, 2.24) is 10.6 Å². The van der Waals surface area contributed by atoms with Gasteiger partial charge in [-0.2, -0.15) is 0 Å². The molecule has 0 bridgehead atoms. The number of carbonyl (C=O) groups excluding carboxylic acids is 2. The number of furan rings is 1. The van der Waals surface area contributed by atoms with Crippen molar-refractivity contribution in [3.63, 3.8) is 0 Å². The molecule has 6 heteroatoms. The Bertz CT molecular complexity index is 1020. The van der Waals surface area contributed by atoms with E-state index in [1.165, 1.54) is 0 Å². The Morgan fingerprint density at radius 1 is 1.00 bits per heavy atom. The molecule has 0 atom stereocenters. The minimum Gasteiger partial charge on any atom is -0.467 e. The molecule has 0 aliphatic carbocycles. The molecule has 0 saturated carbocycles. The Labute approximate surface area is 176 Å². The molecule has 0 unspecified atom stereocenters. The molecule has 0 radical (unpaired) electrons. The van der Waals surface area contributed by atoms with Crippen LogP contribution in [0.5, 0.6) is 0 Å². The molecule has 6 nitrogen and oxygen atoms in total. The van der Waals surface area contributed by atoms with Gasteiger partial charge in [-0.25, -0.2) is 0 Å². The van der Waals surface area contributed by atoms with E-state index in [2.05, 4.69) is 10.6 Å². The Kier molecular flexibility index (Phi) is 6.70. The molecule has 0 spiro atoms. The molecular formula is C24H25N3O3. The predicted octanol–water partition coefficient (Wildman–Crippen LogP) is 3.74. The molecule has 3 rings (SSSR count). The van der Waals surface area contributed by atoms with Gasteiger partial charge in [0.25, 0.3) is 11.8 Å². The maximum atomic E-state index is 12.8. The summed E-state index contributed by atoms with van der Waals surface area (Å²) in [4.78, 5) is 27.5. The van der Waals surface area contributed by atoms with Crippen LogP contribution >= 0.6 is 0 Å². The fourth-order valence-corrected chi connectivity index (χ4v) is 2.77. The van der Waals surface area contributed by atoms with Crippen LogP contribution in [0.1, 0.15) is 27.2 Å². The molecule has 3 aromatic rings. The molecule has 30 heavy (non-hydrogen) atoms. The van der Waals surface area contributed by atoms with Gasteiger partial charge in [0, 0.05) is 25.3 Å². The lowest BCUT2D eigenvalue weighted by atomic mass is 10.1. The molecular weight excluding hydrogens is 378 g/mol. The maximum Gasteiger partial charge on any atom is 0.268 e. The number of aryl methyl sites for hydroxylation is 1. The normalized spacial score (nSPS) is 11.1. The van der Waals surface area contributed by atoms with Crippen molar-refractivity contribution in [3.05, 3.63) is 95.1 Å². The van der Waals surface area contributed by atoms with Crippen molar-refractivity contribution < 1.29 is 14.0 Å². The van der Waals surface area contributed by atoms with Crippen LogP contribution < -0.4 is 15.5 Å². The summed E-state index contributed by atoms with van der Waals surface area (Å²) in [7, 11) is 3.92. The van der Waals surface area contributed by atoms with Crippen LogP contribution in [0.15, 0.2) is 77.0 Å². The van der Waals surface area contributed by atoms with Crippen LogP contribution in [0.3, 0.4) is 0 Å². The Morgan fingerprint density at radius 3 is 2.30 bits per heavy atom. The average molecular weight is 403 g/mol. The van der Waals surface area contributed by atoms with Gasteiger partial charge in [-0.05, 0) is 55.0 Å². The molecule has 0 saturated heterocycles. The number of nitrogens with zero attached hydrogens (tertiary/aromatic N) is 1. The molecule has 154 valence electrons. The van der Waals surface area contributed by atoms with Crippen molar-refractivity contribution in [3.8, 4) is 0 Å². The third-order valence-corrected chi connectivity index (χ3v) is 4.53. The largest absolute Gasteiger partial charge is 0.467 e. The second-order valence-electron chi connectivity index (χ2n) is 7.13. The summed E-state index contributed by atoms with van der Waals surface area (Å²) in [6, 6.07) is 18.4. The lowest BCUT2D eigenvalue weighted by molar-refractivity contribution is -0.118. The van der Waals surface area contributed by atoms with E-state index in [-0.39, 0.29) is 18.1 Å². The fraction of sp³-hybridized carbons (Fsp3) is 0.167. The van der Waals surface area contributed by atoms with Crippen LogP contribution in [-0.4, -0.2) is 25.9 Å². The van der Waals surface area contributed by atoms with Gasteiger partial charge in [0.05, 0.1) is 12.8 Å². The summed E-state index contributed by atoms with van der Waals surface area (Å²) >= 11 is 0. The molecule has 1 heterocycles. The topological polar surface area (TPSA) is 74.6 Å². The van der Waals surface area contributed by atoms with Crippen molar-refractivity contribution in [1.29, 1.82) is 0 Å². The lowest BCUT2D eigenvalue weighted by Gasteiger charge is -2.13. The SMILES string of the molecule is Cc1ccc(C(=O)N/C(=C/c2ccc(N(C)C)cc2)C(=O)NCc2ccco2)cc1. The van der Waals surface area contributed by atoms with E-state index in [1.54, 1.807) is 36.6 Å². The van der Waals surface area contributed by atoms with Gasteiger partial charge < -0.3 is 20.0 Å². The number of benzene rings is 2. The van der Waals surface area contributed by atoms with Crippen LogP contribution in [0.4, 0.5) is 5.69 Å². The van der Waals surface area contributed by atoms with Crippen molar-refractivity contribution in [2.45, 2.75) is 13.5 Å². The van der Waals surface area contributed by atoms with Gasteiger partial charge in [0.2, 0.25) is 0 Å². The van der Waals surface area contributed by atoms with Gasteiger partial charge >= 0.3 is 0 Å². The monoisotopic (exact) mass is 403 g/mol. The van der Waals surface area contributed by atoms with Gasteiger partial charge in [-0.3, -0.25) is 9.59 Å². The van der Waals surface area contributed by atoms with E-state index in [4.69, 9.17) is 4.42 Å². The van der Waals surface area contributed by atoms with Gasteiger partial charge in [-0.15, -0.1) is 0 Å². The highest BCUT2D eigenvalue weighted by Gasteiger charge is 2.15. The Morgan fingerprint density at radius 2 is 1.70 bits per heavy atom. The lowest BCUT2D eigenvalue weighted by Crippen LogP contribution is -2.34. The highest BCUT2D eigenvalue weighted by atomic mass is 16.3. The van der Waals surface area contributed by atoms with Gasteiger partial charge in [0.15, 0.2) is 0 Å². The number of amides is 2. The van der Waals surface area contributed by atoms with Crippen LogP contribution in [0.25, 0.3) is 6.08 Å². The smallest absolute Gasteiger partial charge is 0.268 e. The molecule has 0 aliphatic heterocycles. The predicted molar refractivity (Wildman–Crippen MR) is 118 cm³/mol.